The van der Waals surface area contributed by atoms with E-state index in [0.29, 0.717) is 18.4 Å². The molecule has 0 aromatic carbocycles. The van der Waals surface area contributed by atoms with Crippen LogP contribution < -0.4 is 10.7 Å². The van der Waals surface area contributed by atoms with E-state index in [0.717, 1.165) is 25.7 Å². The summed E-state index contributed by atoms with van der Waals surface area (Å²) in [5.74, 6) is -0.351. The van der Waals surface area contributed by atoms with Gasteiger partial charge >= 0.3 is 5.91 Å². The van der Waals surface area contributed by atoms with Crippen LogP contribution in [-0.2, 0) is 9.47 Å². The molecule has 3 fully saturated rings. The third-order valence-electron chi connectivity index (χ3n) is 7.42. The van der Waals surface area contributed by atoms with Crippen molar-refractivity contribution in [2.75, 3.05) is 6.61 Å². The van der Waals surface area contributed by atoms with Gasteiger partial charge in [0.15, 0.2) is 10.8 Å². The summed E-state index contributed by atoms with van der Waals surface area (Å²) < 4.78 is 12.0. The maximum absolute atomic E-state index is 10.3. The number of nitrogens with two attached hydrogens (primary N) is 1. The summed E-state index contributed by atoms with van der Waals surface area (Å²) in [4.78, 5) is 3.06. The topological polar surface area (TPSA) is 106 Å². The van der Waals surface area contributed by atoms with Crippen molar-refractivity contribution in [2.45, 2.75) is 65.4 Å². The molecule has 0 amide bonds. The van der Waals surface area contributed by atoms with Crippen molar-refractivity contribution in [3.05, 3.63) is 0 Å². The van der Waals surface area contributed by atoms with E-state index < -0.39 is 22.2 Å². The number of fused-ring (bicyclic) bond motifs is 4. The predicted molar refractivity (Wildman–Crippen MR) is 89.3 cm³/mol. The van der Waals surface area contributed by atoms with Crippen molar-refractivity contribution in [1.29, 1.82) is 10.5 Å². The molecular formula is C19H27N4O2+. The highest BCUT2D eigenvalue weighted by Crippen LogP contribution is 2.87. The van der Waals surface area contributed by atoms with Crippen LogP contribution in [0.25, 0.3) is 0 Å². The van der Waals surface area contributed by atoms with Crippen LogP contribution >= 0.6 is 0 Å². The van der Waals surface area contributed by atoms with Gasteiger partial charge in [0.05, 0.1) is 24.8 Å². The van der Waals surface area contributed by atoms with Gasteiger partial charge in [0.2, 0.25) is 0 Å². The molecular weight excluding hydrogens is 316 g/mol. The Morgan fingerprint density at radius 2 is 1.84 bits per heavy atom. The van der Waals surface area contributed by atoms with Crippen molar-refractivity contribution in [1.82, 2.24) is 0 Å². The van der Waals surface area contributed by atoms with Gasteiger partial charge in [-0.3, -0.25) is 5.73 Å². The Labute approximate surface area is 149 Å². The molecule has 0 radical (unpaired) electrons. The van der Waals surface area contributed by atoms with Crippen molar-refractivity contribution >= 4 is 5.84 Å². The van der Waals surface area contributed by atoms with E-state index in [9.17, 15) is 10.5 Å². The third-order valence-corrected chi connectivity index (χ3v) is 7.42. The quantitative estimate of drug-likeness (QED) is 0.676. The molecule has 4 aliphatic rings. The Hall–Kier alpha value is -1.63. The van der Waals surface area contributed by atoms with E-state index in [1.165, 1.54) is 0 Å². The molecule has 2 aliphatic heterocycles. The van der Waals surface area contributed by atoms with E-state index in [-0.39, 0.29) is 11.5 Å². The minimum atomic E-state index is -1.28. The predicted octanol–water partition coefficient (Wildman–Crippen LogP) is 0.783. The van der Waals surface area contributed by atoms with E-state index >= 15 is 0 Å². The second kappa shape index (κ2) is 4.55. The number of nitrogens with one attached hydrogen (secondary N) is 1. The summed E-state index contributed by atoms with van der Waals surface area (Å²) in [6, 6.07) is 4.90. The SMILES string of the molecule is C[C@@H]1CO[C@]2([NH+]=C(N)[C@@]3(C#N)C4(CCC(C(C)(C)C)CC4)[C@@]23C#N)O1. The molecule has 0 aromatic heterocycles. The van der Waals surface area contributed by atoms with E-state index in [2.05, 4.69) is 37.9 Å². The summed E-state index contributed by atoms with van der Waals surface area (Å²) in [7, 11) is 0. The monoisotopic (exact) mass is 343 g/mol. The minimum Gasteiger partial charge on any atom is -0.311 e. The Balaban J connectivity index is 1.78. The van der Waals surface area contributed by atoms with Crippen LogP contribution in [0.5, 0.6) is 0 Å². The maximum Gasteiger partial charge on any atom is 0.343 e. The molecule has 2 saturated carbocycles. The van der Waals surface area contributed by atoms with Crippen LogP contribution in [0.2, 0.25) is 0 Å². The highest BCUT2D eigenvalue weighted by molar-refractivity contribution is 5.95. The first-order chi connectivity index (χ1) is 11.7. The fourth-order valence-electron chi connectivity index (χ4n) is 6.17. The number of rotatable bonds is 0. The fourth-order valence-corrected chi connectivity index (χ4v) is 6.17. The zero-order chi connectivity index (χ0) is 18.3. The average molecular weight is 343 g/mol. The van der Waals surface area contributed by atoms with E-state index in [1.54, 1.807) is 0 Å². The molecule has 4 rings (SSSR count). The van der Waals surface area contributed by atoms with Crippen molar-refractivity contribution in [2.24, 2.45) is 33.3 Å². The number of nitrogens with zero attached hydrogens (tertiary/aromatic N) is 2. The van der Waals surface area contributed by atoms with Crippen LogP contribution in [0.1, 0.15) is 53.4 Å². The third kappa shape index (κ3) is 1.51. The lowest BCUT2D eigenvalue weighted by atomic mass is 9.65. The summed E-state index contributed by atoms with van der Waals surface area (Å²) in [6.07, 6.45) is 3.47. The summed E-state index contributed by atoms with van der Waals surface area (Å²) in [5, 5.41) is 20.4. The molecule has 0 unspecified atom stereocenters. The molecule has 2 spiro atoms. The molecule has 6 heteroatoms. The molecule has 3 N–H and O–H groups in total. The van der Waals surface area contributed by atoms with Crippen molar-refractivity contribution in [3.8, 4) is 12.1 Å². The van der Waals surface area contributed by atoms with Gasteiger partial charge in [0.1, 0.15) is 0 Å². The number of hydrogen-bond acceptors (Lipinski definition) is 5. The Morgan fingerprint density at radius 1 is 1.20 bits per heavy atom. The summed E-state index contributed by atoms with van der Waals surface area (Å²) in [5.41, 5.74) is 3.97. The van der Waals surface area contributed by atoms with Gasteiger partial charge in [-0.1, -0.05) is 20.8 Å². The molecule has 0 aromatic rings. The largest absolute Gasteiger partial charge is 0.343 e. The lowest BCUT2D eigenvalue weighted by molar-refractivity contribution is -0.680. The van der Waals surface area contributed by atoms with Gasteiger partial charge in [0.25, 0.3) is 5.84 Å². The van der Waals surface area contributed by atoms with E-state index in [4.69, 9.17) is 15.2 Å². The zero-order valence-electron chi connectivity index (χ0n) is 15.5. The molecule has 6 nitrogen and oxygen atoms in total. The number of ether oxygens (including phenoxy) is 2. The molecule has 2 heterocycles. The molecule has 0 bridgehead atoms. The van der Waals surface area contributed by atoms with Gasteiger partial charge in [-0.2, -0.15) is 10.5 Å². The highest BCUT2D eigenvalue weighted by Gasteiger charge is 3.04. The first kappa shape index (κ1) is 16.8. The first-order valence-corrected chi connectivity index (χ1v) is 9.22. The normalized spacial score (nSPS) is 51.0. The minimum absolute atomic E-state index is 0.136. The highest BCUT2D eigenvalue weighted by atomic mass is 16.8. The fraction of sp³-hybridized carbons (Fsp3) is 0.842. The Bertz CT molecular complexity index is 734. The van der Waals surface area contributed by atoms with Gasteiger partial charge in [-0.15, -0.1) is 0 Å². The van der Waals surface area contributed by atoms with Crippen LogP contribution in [0.3, 0.4) is 0 Å². The maximum atomic E-state index is 10.3. The number of amidine groups is 1. The number of hydrogen-bond donors (Lipinski definition) is 2. The molecule has 2 aliphatic carbocycles. The Morgan fingerprint density at radius 3 is 2.28 bits per heavy atom. The van der Waals surface area contributed by atoms with Gasteiger partial charge in [0, 0.05) is 5.41 Å². The first-order valence-electron chi connectivity index (χ1n) is 9.22. The van der Waals surface area contributed by atoms with E-state index in [1.807, 2.05) is 6.92 Å². The second-order valence-electron chi connectivity index (χ2n) is 9.34. The van der Waals surface area contributed by atoms with Gasteiger partial charge in [-0.25, -0.2) is 4.99 Å². The number of nitriles is 2. The summed E-state index contributed by atoms with van der Waals surface area (Å²) >= 11 is 0. The lowest BCUT2D eigenvalue weighted by Gasteiger charge is -2.40. The Kier molecular flexibility index (Phi) is 3.06. The van der Waals surface area contributed by atoms with Gasteiger partial charge < -0.3 is 9.47 Å². The smallest absolute Gasteiger partial charge is 0.311 e. The molecule has 4 atom stereocenters. The second-order valence-corrected chi connectivity index (χ2v) is 9.34. The van der Waals surface area contributed by atoms with Crippen molar-refractivity contribution in [3.63, 3.8) is 0 Å². The van der Waals surface area contributed by atoms with Crippen LogP contribution in [0.15, 0.2) is 0 Å². The standard InChI is InChI=1S/C19H26N4O2/c1-12-9-24-19(25-12)18(11-21)16(17(18,10-20)14(22)23-19)7-5-13(6-8-16)15(2,3)4/h12-13H,5-9H2,1-4H3,(H2,22,23)/p+1/t12-,13?,16?,17+,18-,19+/m1/s1. The molecule has 1 saturated heterocycles. The molecule has 134 valence electrons. The summed E-state index contributed by atoms with van der Waals surface area (Å²) in [6.45, 7) is 9.09. The van der Waals surface area contributed by atoms with Crippen LogP contribution in [0.4, 0.5) is 0 Å². The van der Waals surface area contributed by atoms with Gasteiger partial charge in [-0.05, 0) is 43.9 Å². The average Bonchev–Trinajstić information content (AvgIpc) is 2.74. The van der Waals surface area contributed by atoms with Crippen molar-refractivity contribution < 1.29 is 14.5 Å². The lowest BCUT2D eigenvalue weighted by Crippen LogP contribution is -2.90. The molecule has 25 heavy (non-hydrogen) atoms. The van der Waals surface area contributed by atoms with Crippen LogP contribution in [0, 0.1) is 50.2 Å². The zero-order valence-corrected chi connectivity index (χ0v) is 15.5. The van der Waals surface area contributed by atoms with Crippen LogP contribution in [-0.4, -0.2) is 24.5 Å².